The highest BCUT2D eigenvalue weighted by Crippen LogP contribution is 2.19. The topological polar surface area (TPSA) is 48.1 Å². The van der Waals surface area contributed by atoms with E-state index in [0.29, 0.717) is 18.1 Å². The van der Waals surface area contributed by atoms with Gasteiger partial charge in [0.25, 0.3) is 0 Å². The van der Waals surface area contributed by atoms with Gasteiger partial charge in [0.15, 0.2) is 0 Å². The molecule has 3 heterocycles. The molecule has 0 bridgehead atoms. The zero-order valence-corrected chi connectivity index (χ0v) is 16.8. The summed E-state index contributed by atoms with van der Waals surface area (Å²) in [7, 11) is 0. The minimum atomic E-state index is 0.313. The lowest BCUT2D eigenvalue weighted by atomic mass is 9.93. The highest BCUT2D eigenvalue weighted by atomic mass is 16.5. The van der Waals surface area contributed by atoms with Crippen LogP contribution in [0.25, 0.3) is 0 Å². The molecule has 0 aromatic carbocycles. The quantitative estimate of drug-likeness (QED) is 0.761. The molecule has 0 saturated carbocycles. The second kappa shape index (κ2) is 10.0. The van der Waals surface area contributed by atoms with Gasteiger partial charge >= 0.3 is 0 Å². The van der Waals surface area contributed by atoms with Gasteiger partial charge in [-0.25, -0.2) is 0 Å². The van der Waals surface area contributed by atoms with Gasteiger partial charge in [-0.2, -0.15) is 0 Å². The Morgan fingerprint density at radius 1 is 1.12 bits per heavy atom. The smallest absolute Gasteiger partial charge is 0.222 e. The van der Waals surface area contributed by atoms with Crippen molar-refractivity contribution < 1.29 is 9.53 Å². The SMILES string of the molecule is CC(C)N1CCOC(CN2CCN(C(=O)CCC3CCNCC3)CC2)C1. The van der Waals surface area contributed by atoms with Crippen LogP contribution in [0.15, 0.2) is 0 Å². The number of piperazine rings is 1. The molecule has 0 aromatic rings. The minimum Gasteiger partial charge on any atom is -0.374 e. The lowest BCUT2D eigenvalue weighted by Crippen LogP contribution is -2.54. The molecule has 6 nitrogen and oxygen atoms in total. The van der Waals surface area contributed by atoms with E-state index in [0.717, 1.165) is 84.3 Å². The second-order valence-corrected chi connectivity index (χ2v) is 8.49. The highest BCUT2D eigenvalue weighted by Gasteiger charge is 2.27. The lowest BCUT2D eigenvalue weighted by molar-refractivity contribution is -0.133. The van der Waals surface area contributed by atoms with Crippen LogP contribution in [-0.4, -0.2) is 98.3 Å². The number of carbonyl (C=O) groups is 1. The predicted octanol–water partition coefficient (Wildman–Crippen LogP) is 1.02. The zero-order chi connectivity index (χ0) is 18.4. The molecule has 1 unspecified atom stereocenters. The van der Waals surface area contributed by atoms with Crippen LogP contribution in [0.1, 0.15) is 39.5 Å². The van der Waals surface area contributed by atoms with Crippen molar-refractivity contribution >= 4 is 5.91 Å². The Bertz CT molecular complexity index is 432. The number of rotatable bonds is 6. The maximum absolute atomic E-state index is 12.5. The molecule has 3 fully saturated rings. The van der Waals surface area contributed by atoms with Crippen molar-refractivity contribution in [1.29, 1.82) is 0 Å². The Balaban J connectivity index is 1.33. The monoisotopic (exact) mass is 366 g/mol. The summed E-state index contributed by atoms with van der Waals surface area (Å²) in [5.74, 6) is 1.11. The number of ether oxygens (including phenoxy) is 1. The van der Waals surface area contributed by atoms with Crippen molar-refractivity contribution in [1.82, 2.24) is 20.0 Å². The van der Waals surface area contributed by atoms with Crippen LogP contribution in [0.5, 0.6) is 0 Å². The van der Waals surface area contributed by atoms with E-state index in [9.17, 15) is 4.79 Å². The van der Waals surface area contributed by atoms with Crippen molar-refractivity contribution in [2.45, 2.75) is 51.7 Å². The van der Waals surface area contributed by atoms with Gasteiger partial charge in [-0.15, -0.1) is 0 Å². The Morgan fingerprint density at radius 3 is 2.54 bits per heavy atom. The zero-order valence-electron chi connectivity index (χ0n) is 16.8. The number of nitrogens with zero attached hydrogens (tertiary/aromatic N) is 3. The molecule has 6 heteroatoms. The van der Waals surface area contributed by atoms with Gasteiger partial charge in [-0.3, -0.25) is 14.6 Å². The second-order valence-electron chi connectivity index (χ2n) is 8.49. The molecule has 1 N–H and O–H groups in total. The fourth-order valence-corrected chi connectivity index (χ4v) is 4.45. The van der Waals surface area contributed by atoms with E-state index in [1.807, 2.05) is 0 Å². The summed E-state index contributed by atoms with van der Waals surface area (Å²) in [4.78, 5) is 19.6. The Labute approximate surface area is 159 Å². The molecule has 3 saturated heterocycles. The van der Waals surface area contributed by atoms with Crippen LogP contribution in [-0.2, 0) is 9.53 Å². The molecule has 1 atom stereocenters. The summed E-state index contributed by atoms with van der Waals surface area (Å²) in [6.07, 6.45) is 4.58. The third kappa shape index (κ3) is 5.91. The standard InChI is InChI=1S/C20H38N4O2/c1-17(2)24-13-14-26-19(16-24)15-22-9-11-23(12-10-22)20(25)4-3-18-5-7-21-8-6-18/h17-19,21H,3-16H2,1-2H3. The van der Waals surface area contributed by atoms with E-state index in [4.69, 9.17) is 4.74 Å². The number of hydrogen-bond donors (Lipinski definition) is 1. The molecule has 1 amide bonds. The van der Waals surface area contributed by atoms with Crippen molar-refractivity contribution in [3.05, 3.63) is 0 Å². The molecule has 0 spiro atoms. The van der Waals surface area contributed by atoms with Gasteiger partial charge in [0.05, 0.1) is 12.7 Å². The van der Waals surface area contributed by atoms with Gasteiger partial charge < -0.3 is 15.0 Å². The molecule has 3 rings (SSSR count). The predicted molar refractivity (Wildman–Crippen MR) is 104 cm³/mol. The van der Waals surface area contributed by atoms with Crippen LogP contribution in [0.3, 0.4) is 0 Å². The maximum Gasteiger partial charge on any atom is 0.222 e. The fraction of sp³-hybridized carbons (Fsp3) is 0.950. The molecular weight excluding hydrogens is 328 g/mol. The molecule has 3 aliphatic heterocycles. The molecular formula is C20H38N4O2. The number of piperidine rings is 1. The fourth-order valence-electron chi connectivity index (χ4n) is 4.45. The molecule has 0 aliphatic carbocycles. The van der Waals surface area contributed by atoms with Gasteiger partial charge in [-0.1, -0.05) is 0 Å². The largest absolute Gasteiger partial charge is 0.374 e. The van der Waals surface area contributed by atoms with Gasteiger partial charge in [0.2, 0.25) is 5.91 Å². The van der Waals surface area contributed by atoms with Crippen LogP contribution >= 0.6 is 0 Å². The average molecular weight is 367 g/mol. The molecule has 3 aliphatic rings. The molecule has 150 valence electrons. The van der Waals surface area contributed by atoms with E-state index < -0.39 is 0 Å². The van der Waals surface area contributed by atoms with Crippen LogP contribution in [0.4, 0.5) is 0 Å². The highest BCUT2D eigenvalue weighted by molar-refractivity contribution is 5.76. The molecule has 0 radical (unpaired) electrons. The van der Waals surface area contributed by atoms with Gasteiger partial charge in [0.1, 0.15) is 0 Å². The van der Waals surface area contributed by atoms with E-state index in [2.05, 4.69) is 33.9 Å². The first-order valence-electron chi connectivity index (χ1n) is 10.7. The number of hydrogen-bond acceptors (Lipinski definition) is 5. The Morgan fingerprint density at radius 2 is 1.85 bits per heavy atom. The number of carbonyl (C=O) groups excluding carboxylic acids is 1. The van der Waals surface area contributed by atoms with E-state index in [1.165, 1.54) is 12.8 Å². The summed E-state index contributed by atoms with van der Waals surface area (Å²) < 4.78 is 5.97. The molecule has 0 aromatic heterocycles. The maximum atomic E-state index is 12.5. The lowest BCUT2D eigenvalue weighted by Gasteiger charge is -2.40. The van der Waals surface area contributed by atoms with Crippen LogP contribution in [0.2, 0.25) is 0 Å². The first kappa shape index (κ1) is 20.1. The molecule has 26 heavy (non-hydrogen) atoms. The number of amides is 1. The van der Waals surface area contributed by atoms with Crippen molar-refractivity contribution in [3.8, 4) is 0 Å². The van der Waals surface area contributed by atoms with E-state index in [1.54, 1.807) is 0 Å². The first-order valence-corrected chi connectivity index (χ1v) is 10.7. The average Bonchev–Trinajstić information content (AvgIpc) is 2.68. The number of morpholine rings is 1. The summed E-state index contributed by atoms with van der Waals surface area (Å²) >= 11 is 0. The Kier molecular flexibility index (Phi) is 7.73. The van der Waals surface area contributed by atoms with Crippen LogP contribution in [0, 0.1) is 5.92 Å². The van der Waals surface area contributed by atoms with Crippen molar-refractivity contribution in [2.24, 2.45) is 5.92 Å². The summed E-state index contributed by atoms with van der Waals surface area (Å²) in [5.41, 5.74) is 0. The van der Waals surface area contributed by atoms with Crippen LogP contribution < -0.4 is 5.32 Å². The first-order chi connectivity index (χ1) is 12.6. The summed E-state index contributed by atoms with van der Waals surface area (Å²) in [5, 5.41) is 3.40. The summed E-state index contributed by atoms with van der Waals surface area (Å²) in [6.45, 7) is 14.4. The number of nitrogens with one attached hydrogen (secondary N) is 1. The third-order valence-corrected chi connectivity index (χ3v) is 6.31. The van der Waals surface area contributed by atoms with E-state index in [-0.39, 0.29) is 0 Å². The summed E-state index contributed by atoms with van der Waals surface area (Å²) in [6, 6.07) is 0.593. The normalized spacial score (nSPS) is 27.2. The van der Waals surface area contributed by atoms with Gasteiger partial charge in [-0.05, 0) is 52.1 Å². The van der Waals surface area contributed by atoms with Gasteiger partial charge in [0, 0.05) is 58.3 Å². The van der Waals surface area contributed by atoms with Crippen molar-refractivity contribution in [2.75, 3.05) is 65.5 Å². The third-order valence-electron chi connectivity index (χ3n) is 6.31. The minimum absolute atomic E-state index is 0.313. The van der Waals surface area contributed by atoms with E-state index >= 15 is 0 Å². The van der Waals surface area contributed by atoms with Crippen molar-refractivity contribution in [3.63, 3.8) is 0 Å². The Hall–Kier alpha value is -0.690.